The molecule has 0 radical (unpaired) electrons. The lowest BCUT2D eigenvalue weighted by Gasteiger charge is -2.13. The second kappa shape index (κ2) is 3.13. The Morgan fingerprint density at radius 3 is 1.83 bits per heavy atom. The quantitative estimate of drug-likeness (QED) is 0.627. The smallest absolute Gasteiger partial charge is 0.131 e. The third kappa shape index (κ3) is 1.96. The Balaban J connectivity index is 2.93. The minimum Gasteiger partial charge on any atom is -0.131 e. The predicted octanol–water partition coefficient (Wildman–Crippen LogP) is 1.13. The van der Waals surface area contributed by atoms with Crippen LogP contribution >= 0.6 is 0 Å². The first-order valence-electron chi connectivity index (χ1n) is 4.11. The summed E-state index contributed by atoms with van der Waals surface area (Å²) >= 11 is 0. The van der Waals surface area contributed by atoms with Crippen molar-refractivity contribution in [1.29, 1.82) is 0 Å². The molecule has 0 aliphatic carbocycles. The lowest BCUT2D eigenvalue weighted by atomic mass is 9.96. The predicted molar refractivity (Wildman–Crippen MR) is 45.7 cm³/mol. The van der Waals surface area contributed by atoms with Gasteiger partial charge in [-0.15, -0.1) is 20.4 Å². The minimum atomic E-state index is -0.0632. The molecule has 0 N–H and O–H groups in total. The largest absolute Gasteiger partial charge is 0.178 e. The molecule has 0 aliphatic heterocycles. The second-order valence-corrected chi connectivity index (χ2v) is 3.74. The highest BCUT2D eigenvalue weighted by Crippen LogP contribution is 2.15. The molecule has 0 saturated heterocycles. The van der Waals surface area contributed by atoms with Crippen molar-refractivity contribution in [2.24, 2.45) is 0 Å². The van der Waals surface area contributed by atoms with Gasteiger partial charge in [-0.1, -0.05) is 27.7 Å². The summed E-state index contributed by atoms with van der Waals surface area (Å²) < 4.78 is 0. The molecule has 4 heteroatoms. The molecule has 0 aromatic carbocycles. The molecule has 4 nitrogen and oxygen atoms in total. The molecule has 1 aromatic rings. The fourth-order valence-electron chi connectivity index (χ4n) is 0.692. The number of nitrogens with zero attached hydrogens (tertiary/aromatic N) is 4. The summed E-state index contributed by atoms with van der Waals surface area (Å²) in [4.78, 5) is 0. The topological polar surface area (TPSA) is 51.6 Å². The molecular weight excluding hydrogens is 152 g/mol. The van der Waals surface area contributed by atoms with Crippen molar-refractivity contribution >= 4 is 0 Å². The summed E-state index contributed by atoms with van der Waals surface area (Å²) in [5.41, 5.74) is -0.0632. The lowest BCUT2D eigenvalue weighted by molar-refractivity contribution is 0.511. The van der Waals surface area contributed by atoms with E-state index in [1.54, 1.807) is 0 Å². The standard InChI is InChI=1S/C8H14N4/c1-5-6-9-11-7(12-10-6)8(2,3)4/h5H2,1-4H3. The van der Waals surface area contributed by atoms with Crippen LogP contribution in [0.4, 0.5) is 0 Å². The number of rotatable bonds is 1. The average molecular weight is 166 g/mol. The van der Waals surface area contributed by atoms with E-state index >= 15 is 0 Å². The Hall–Kier alpha value is -1.06. The van der Waals surface area contributed by atoms with E-state index in [2.05, 4.69) is 20.4 Å². The molecule has 0 bridgehead atoms. The van der Waals surface area contributed by atoms with Crippen LogP contribution in [0.25, 0.3) is 0 Å². The van der Waals surface area contributed by atoms with Crippen LogP contribution in [-0.4, -0.2) is 20.4 Å². The Morgan fingerprint density at radius 1 is 1.00 bits per heavy atom. The third-order valence-electron chi connectivity index (χ3n) is 1.51. The maximum Gasteiger partial charge on any atom is 0.178 e. The average Bonchev–Trinajstić information content (AvgIpc) is 2.03. The molecule has 0 spiro atoms. The fourth-order valence-corrected chi connectivity index (χ4v) is 0.692. The van der Waals surface area contributed by atoms with E-state index in [1.165, 1.54) is 0 Å². The van der Waals surface area contributed by atoms with Gasteiger partial charge in [0.2, 0.25) is 0 Å². The van der Waals surface area contributed by atoms with Gasteiger partial charge < -0.3 is 0 Å². The van der Waals surface area contributed by atoms with Crippen LogP contribution in [0.1, 0.15) is 39.3 Å². The van der Waals surface area contributed by atoms with Crippen LogP contribution in [0, 0.1) is 0 Å². The van der Waals surface area contributed by atoms with Crippen LogP contribution in [-0.2, 0) is 11.8 Å². The van der Waals surface area contributed by atoms with Crippen molar-refractivity contribution in [1.82, 2.24) is 20.4 Å². The van der Waals surface area contributed by atoms with Crippen LogP contribution in [0.3, 0.4) is 0 Å². The summed E-state index contributed by atoms with van der Waals surface area (Å²) in [5, 5.41) is 15.9. The van der Waals surface area contributed by atoms with Crippen LogP contribution in [0.15, 0.2) is 0 Å². The Kier molecular flexibility index (Phi) is 2.35. The summed E-state index contributed by atoms with van der Waals surface area (Å²) in [6.07, 6.45) is 0.782. The molecule has 1 rings (SSSR count). The fraction of sp³-hybridized carbons (Fsp3) is 0.750. The van der Waals surface area contributed by atoms with Gasteiger partial charge in [-0.25, -0.2) is 0 Å². The lowest BCUT2D eigenvalue weighted by Crippen LogP contribution is -2.18. The molecule has 0 fully saturated rings. The molecule has 0 atom stereocenters. The van der Waals surface area contributed by atoms with Crippen molar-refractivity contribution in [2.45, 2.75) is 39.5 Å². The van der Waals surface area contributed by atoms with E-state index in [1.807, 2.05) is 27.7 Å². The van der Waals surface area contributed by atoms with Gasteiger partial charge in [0.05, 0.1) is 0 Å². The van der Waals surface area contributed by atoms with Gasteiger partial charge in [-0.3, -0.25) is 0 Å². The molecule has 0 saturated carbocycles. The summed E-state index contributed by atoms with van der Waals surface area (Å²) in [6, 6.07) is 0. The maximum absolute atomic E-state index is 4.00. The molecule has 1 heterocycles. The van der Waals surface area contributed by atoms with Crippen molar-refractivity contribution < 1.29 is 0 Å². The monoisotopic (exact) mass is 166 g/mol. The third-order valence-corrected chi connectivity index (χ3v) is 1.51. The molecular formula is C8H14N4. The Morgan fingerprint density at radius 2 is 1.50 bits per heavy atom. The van der Waals surface area contributed by atoms with Crippen LogP contribution in [0.5, 0.6) is 0 Å². The van der Waals surface area contributed by atoms with Gasteiger partial charge in [0.1, 0.15) is 0 Å². The molecule has 12 heavy (non-hydrogen) atoms. The Labute approximate surface area is 72.4 Å². The normalized spacial score (nSPS) is 11.7. The Bertz CT molecular complexity index is 247. The van der Waals surface area contributed by atoms with Crippen LogP contribution in [0.2, 0.25) is 0 Å². The number of hydrogen-bond acceptors (Lipinski definition) is 4. The highest BCUT2D eigenvalue weighted by atomic mass is 15.3. The van der Waals surface area contributed by atoms with Crippen molar-refractivity contribution in [3.63, 3.8) is 0 Å². The highest BCUT2D eigenvalue weighted by Gasteiger charge is 2.18. The van der Waals surface area contributed by atoms with E-state index < -0.39 is 0 Å². The van der Waals surface area contributed by atoms with Gasteiger partial charge in [-0.2, -0.15) is 0 Å². The zero-order chi connectivity index (χ0) is 9.19. The molecule has 0 amide bonds. The molecule has 1 aromatic heterocycles. The van der Waals surface area contributed by atoms with E-state index in [0.29, 0.717) is 11.6 Å². The van der Waals surface area contributed by atoms with Crippen molar-refractivity contribution in [3.05, 3.63) is 11.6 Å². The second-order valence-electron chi connectivity index (χ2n) is 3.74. The summed E-state index contributed by atoms with van der Waals surface area (Å²) in [6.45, 7) is 8.10. The zero-order valence-corrected chi connectivity index (χ0v) is 8.00. The first-order chi connectivity index (χ1) is 5.54. The highest BCUT2D eigenvalue weighted by molar-refractivity contribution is 4.96. The van der Waals surface area contributed by atoms with E-state index in [9.17, 15) is 0 Å². The van der Waals surface area contributed by atoms with Gasteiger partial charge in [0.15, 0.2) is 11.6 Å². The van der Waals surface area contributed by atoms with E-state index in [-0.39, 0.29) is 5.41 Å². The van der Waals surface area contributed by atoms with Gasteiger partial charge in [0.25, 0.3) is 0 Å². The van der Waals surface area contributed by atoms with Crippen LogP contribution < -0.4 is 0 Å². The zero-order valence-electron chi connectivity index (χ0n) is 8.00. The number of hydrogen-bond donors (Lipinski definition) is 0. The SMILES string of the molecule is CCc1nnc(C(C)(C)C)nn1. The summed E-state index contributed by atoms with van der Waals surface area (Å²) in [5.74, 6) is 1.39. The minimum absolute atomic E-state index is 0.0632. The van der Waals surface area contributed by atoms with Gasteiger partial charge >= 0.3 is 0 Å². The van der Waals surface area contributed by atoms with Crippen molar-refractivity contribution in [2.75, 3.05) is 0 Å². The number of aryl methyl sites for hydroxylation is 1. The van der Waals surface area contributed by atoms with E-state index in [4.69, 9.17) is 0 Å². The molecule has 0 aliphatic rings. The first-order valence-corrected chi connectivity index (χ1v) is 4.11. The van der Waals surface area contributed by atoms with Gasteiger partial charge in [-0.05, 0) is 0 Å². The molecule has 66 valence electrons. The van der Waals surface area contributed by atoms with Crippen molar-refractivity contribution in [3.8, 4) is 0 Å². The maximum atomic E-state index is 4.00. The van der Waals surface area contributed by atoms with Gasteiger partial charge in [0, 0.05) is 11.8 Å². The molecule has 0 unspecified atom stereocenters. The number of aromatic nitrogens is 4. The first kappa shape index (κ1) is 9.03. The summed E-state index contributed by atoms with van der Waals surface area (Å²) in [7, 11) is 0. The van der Waals surface area contributed by atoms with E-state index in [0.717, 1.165) is 6.42 Å².